The van der Waals surface area contributed by atoms with E-state index in [1.54, 1.807) is 0 Å². The van der Waals surface area contributed by atoms with Gasteiger partial charge in [0.25, 0.3) is 0 Å². The molecule has 18 heavy (non-hydrogen) atoms. The fourth-order valence-electron chi connectivity index (χ4n) is 3.58. The third kappa shape index (κ3) is 3.08. The normalized spacial score (nSPS) is 32.4. The first kappa shape index (κ1) is 12.9. The van der Waals surface area contributed by atoms with Gasteiger partial charge in [0.2, 0.25) is 0 Å². The first-order valence-electron chi connectivity index (χ1n) is 7.18. The monoisotopic (exact) mass is 355 g/mol. The summed E-state index contributed by atoms with van der Waals surface area (Å²) in [6, 6.07) is 8.88. The van der Waals surface area contributed by atoms with Gasteiger partial charge in [0.15, 0.2) is 0 Å². The van der Waals surface area contributed by atoms with Crippen LogP contribution in [0, 0.1) is 15.4 Å². The highest BCUT2D eigenvalue weighted by Crippen LogP contribution is 2.46. The second kappa shape index (κ2) is 5.12. The second-order valence-electron chi connectivity index (χ2n) is 6.36. The number of hydrogen-bond acceptors (Lipinski definition) is 1. The van der Waals surface area contributed by atoms with Crippen molar-refractivity contribution in [3.05, 3.63) is 33.4 Å². The van der Waals surface area contributed by atoms with Crippen LogP contribution >= 0.6 is 22.6 Å². The van der Waals surface area contributed by atoms with Crippen LogP contribution in [0.25, 0.3) is 0 Å². The Morgan fingerprint density at radius 2 is 1.83 bits per heavy atom. The Hall–Kier alpha value is -0.0900. The first-order valence-corrected chi connectivity index (χ1v) is 8.26. The van der Waals surface area contributed by atoms with E-state index in [1.165, 1.54) is 47.7 Å². The van der Waals surface area contributed by atoms with Crippen molar-refractivity contribution in [3.63, 3.8) is 0 Å². The molecule has 1 nitrogen and oxygen atoms in total. The topological polar surface area (TPSA) is 26.0 Å². The summed E-state index contributed by atoms with van der Waals surface area (Å²) >= 11 is 2.36. The molecule has 0 aromatic heterocycles. The van der Waals surface area contributed by atoms with Crippen LogP contribution in [-0.2, 0) is 6.42 Å². The van der Waals surface area contributed by atoms with Gasteiger partial charge in [-0.05, 0) is 84.2 Å². The van der Waals surface area contributed by atoms with Gasteiger partial charge in [0, 0.05) is 9.11 Å². The van der Waals surface area contributed by atoms with E-state index in [2.05, 4.69) is 46.9 Å². The lowest BCUT2D eigenvalue weighted by Gasteiger charge is -2.38. The number of benzene rings is 1. The summed E-state index contributed by atoms with van der Waals surface area (Å²) in [5, 5.41) is 0. The minimum Gasteiger partial charge on any atom is -0.325 e. The van der Waals surface area contributed by atoms with Crippen molar-refractivity contribution >= 4 is 22.6 Å². The van der Waals surface area contributed by atoms with E-state index in [0.717, 1.165) is 18.3 Å². The van der Waals surface area contributed by atoms with Crippen LogP contribution in [0.3, 0.4) is 0 Å². The van der Waals surface area contributed by atoms with Gasteiger partial charge in [-0.2, -0.15) is 0 Å². The molecule has 0 heterocycles. The Morgan fingerprint density at radius 3 is 2.50 bits per heavy atom. The predicted molar refractivity (Wildman–Crippen MR) is 84.5 cm³/mol. The summed E-state index contributed by atoms with van der Waals surface area (Å²) in [7, 11) is 0. The highest BCUT2D eigenvalue weighted by Gasteiger charge is 2.39. The molecule has 0 bridgehead atoms. The zero-order valence-corrected chi connectivity index (χ0v) is 13.0. The van der Waals surface area contributed by atoms with Gasteiger partial charge in [-0.25, -0.2) is 0 Å². The molecule has 0 amide bonds. The van der Waals surface area contributed by atoms with Crippen molar-refractivity contribution in [2.45, 2.75) is 50.5 Å². The molecule has 0 aliphatic heterocycles. The van der Waals surface area contributed by atoms with E-state index in [4.69, 9.17) is 5.73 Å². The summed E-state index contributed by atoms with van der Waals surface area (Å²) < 4.78 is 1.31. The minimum atomic E-state index is 0.0678. The molecule has 0 spiro atoms. The highest BCUT2D eigenvalue weighted by molar-refractivity contribution is 14.1. The Bertz CT molecular complexity index is 410. The van der Waals surface area contributed by atoms with Gasteiger partial charge in [-0.3, -0.25) is 0 Å². The average molecular weight is 355 g/mol. The molecule has 1 aromatic rings. The van der Waals surface area contributed by atoms with Gasteiger partial charge in [-0.1, -0.05) is 25.0 Å². The van der Waals surface area contributed by atoms with Crippen LogP contribution < -0.4 is 5.73 Å². The first-order chi connectivity index (χ1) is 8.65. The fraction of sp³-hybridized carbons (Fsp3) is 0.625. The molecule has 2 fully saturated rings. The lowest BCUT2D eigenvalue weighted by Crippen LogP contribution is -2.46. The molecule has 98 valence electrons. The molecule has 2 N–H and O–H groups in total. The van der Waals surface area contributed by atoms with Crippen molar-refractivity contribution in [3.8, 4) is 0 Å². The predicted octanol–water partition coefficient (Wildman–Crippen LogP) is 4.13. The molecule has 2 unspecified atom stereocenters. The van der Waals surface area contributed by atoms with Crippen LogP contribution in [0.1, 0.15) is 44.1 Å². The van der Waals surface area contributed by atoms with Crippen LogP contribution in [0.2, 0.25) is 0 Å². The maximum atomic E-state index is 6.68. The van der Waals surface area contributed by atoms with Gasteiger partial charge in [0.1, 0.15) is 0 Å². The molecule has 0 radical (unpaired) electrons. The van der Waals surface area contributed by atoms with E-state index in [9.17, 15) is 0 Å². The van der Waals surface area contributed by atoms with Crippen molar-refractivity contribution in [2.24, 2.45) is 17.6 Å². The molecule has 0 saturated heterocycles. The molecule has 1 aromatic carbocycles. The Labute approximate surface area is 124 Å². The molecular weight excluding hydrogens is 333 g/mol. The Balaban J connectivity index is 1.67. The Kier molecular flexibility index (Phi) is 3.68. The van der Waals surface area contributed by atoms with Crippen LogP contribution in [0.5, 0.6) is 0 Å². The SMILES string of the molecule is NC1(Cc2ccc(I)cc2)CCCC(C2CC2)C1. The Morgan fingerprint density at radius 1 is 1.11 bits per heavy atom. The number of rotatable bonds is 3. The minimum absolute atomic E-state index is 0.0678. The smallest absolute Gasteiger partial charge is 0.0197 e. The van der Waals surface area contributed by atoms with Gasteiger partial charge >= 0.3 is 0 Å². The van der Waals surface area contributed by atoms with Gasteiger partial charge < -0.3 is 5.73 Å². The van der Waals surface area contributed by atoms with E-state index in [-0.39, 0.29) is 5.54 Å². The second-order valence-corrected chi connectivity index (χ2v) is 7.61. The fourth-order valence-corrected chi connectivity index (χ4v) is 3.94. The molecule has 2 aliphatic carbocycles. The highest BCUT2D eigenvalue weighted by atomic mass is 127. The molecule has 2 heteroatoms. The van der Waals surface area contributed by atoms with Gasteiger partial charge in [0.05, 0.1) is 0 Å². The lowest BCUT2D eigenvalue weighted by atomic mass is 9.72. The molecule has 2 atom stereocenters. The van der Waals surface area contributed by atoms with E-state index >= 15 is 0 Å². The van der Waals surface area contributed by atoms with Crippen molar-refractivity contribution in [2.75, 3.05) is 0 Å². The van der Waals surface area contributed by atoms with E-state index in [0.29, 0.717) is 0 Å². The molecule has 3 rings (SSSR count). The third-order valence-electron chi connectivity index (χ3n) is 4.68. The summed E-state index contributed by atoms with van der Waals surface area (Å²) in [4.78, 5) is 0. The molecule has 2 saturated carbocycles. The van der Waals surface area contributed by atoms with Crippen molar-refractivity contribution < 1.29 is 0 Å². The van der Waals surface area contributed by atoms with E-state index < -0.39 is 0 Å². The van der Waals surface area contributed by atoms with Crippen LogP contribution in [0.4, 0.5) is 0 Å². The maximum Gasteiger partial charge on any atom is 0.0197 e. The maximum absolute atomic E-state index is 6.68. The number of nitrogens with two attached hydrogens (primary N) is 1. The van der Waals surface area contributed by atoms with E-state index in [1.807, 2.05) is 0 Å². The molecular formula is C16H22IN. The van der Waals surface area contributed by atoms with Crippen molar-refractivity contribution in [1.29, 1.82) is 0 Å². The summed E-state index contributed by atoms with van der Waals surface area (Å²) in [6.07, 6.45) is 9.21. The van der Waals surface area contributed by atoms with Crippen LogP contribution in [0.15, 0.2) is 24.3 Å². The molecule has 2 aliphatic rings. The number of halogens is 1. The van der Waals surface area contributed by atoms with Gasteiger partial charge in [-0.15, -0.1) is 0 Å². The quantitative estimate of drug-likeness (QED) is 0.811. The average Bonchev–Trinajstić information content (AvgIpc) is 3.16. The third-order valence-corrected chi connectivity index (χ3v) is 5.40. The largest absolute Gasteiger partial charge is 0.325 e. The standard InChI is InChI=1S/C16H22IN/c17-15-7-3-12(4-8-15)10-16(18)9-1-2-14(11-16)13-5-6-13/h3-4,7-8,13-14H,1-2,5-6,9-11,18H2. The zero-order chi connectivity index (χ0) is 12.6. The zero-order valence-electron chi connectivity index (χ0n) is 10.9. The summed E-state index contributed by atoms with van der Waals surface area (Å²) in [5.74, 6) is 1.94. The lowest BCUT2D eigenvalue weighted by molar-refractivity contribution is 0.204. The summed E-state index contributed by atoms with van der Waals surface area (Å²) in [6.45, 7) is 0. The van der Waals surface area contributed by atoms with Crippen LogP contribution in [-0.4, -0.2) is 5.54 Å². The van der Waals surface area contributed by atoms with Crippen molar-refractivity contribution in [1.82, 2.24) is 0 Å². The summed E-state index contributed by atoms with van der Waals surface area (Å²) in [5.41, 5.74) is 8.16. The number of hydrogen-bond donors (Lipinski definition) is 1.